The summed E-state index contributed by atoms with van der Waals surface area (Å²) in [7, 11) is 0. The van der Waals surface area contributed by atoms with Crippen molar-refractivity contribution in [3.05, 3.63) is 35.4 Å². The van der Waals surface area contributed by atoms with Gasteiger partial charge in [-0.25, -0.2) is 0 Å². The fraction of sp³-hybridized carbons (Fsp3) is 0.455. The first-order valence-corrected chi connectivity index (χ1v) is 4.49. The van der Waals surface area contributed by atoms with Crippen molar-refractivity contribution >= 4 is 0 Å². The largest absolute Gasteiger partial charge is 0.368 e. The molecule has 1 fully saturated rings. The molecule has 1 heteroatoms. The second-order valence-corrected chi connectivity index (χ2v) is 3.64. The van der Waals surface area contributed by atoms with Gasteiger partial charge in [0.2, 0.25) is 0 Å². The molecule has 1 aromatic rings. The monoisotopic (exact) mass is 162 g/mol. The Labute approximate surface area is 73.4 Å². The van der Waals surface area contributed by atoms with Crippen LogP contribution in [-0.2, 0) is 4.74 Å². The fourth-order valence-electron chi connectivity index (χ4n) is 1.34. The van der Waals surface area contributed by atoms with Crippen LogP contribution in [0, 0.1) is 0 Å². The minimum absolute atomic E-state index is 0.395. The smallest absolute Gasteiger partial charge is 0.106 e. The molecule has 1 heterocycles. The number of ether oxygens (including phenoxy) is 1. The summed E-state index contributed by atoms with van der Waals surface area (Å²) in [5.41, 5.74) is 2.72. The molecule has 1 aliphatic rings. The van der Waals surface area contributed by atoms with Crippen LogP contribution < -0.4 is 0 Å². The Balaban J connectivity index is 2.18. The molecule has 1 saturated heterocycles. The Kier molecular flexibility index (Phi) is 1.89. The summed E-state index contributed by atoms with van der Waals surface area (Å²) in [6, 6.07) is 8.74. The molecule has 12 heavy (non-hydrogen) atoms. The van der Waals surface area contributed by atoms with E-state index in [1.165, 1.54) is 11.1 Å². The van der Waals surface area contributed by atoms with Crippen LogP contribution in [0.2, 0.25) is 0 Å². The van der Waals surface area contributed by atoms with Crippen molar-refractivity contribution < 1.29 is 4.74 Å². The standard InChI is InChI=1S/C11H14O/c1-8(2)9-3-5-10(6-4-9)11-7-12-11/h3-6,8,11H,7H2,1-2H3. The molecule has 64 valence electrons. The minimum atomic E-state index is 0.395. The highest BCUT2D eigenvalue weighted by Gasteiger charge is 2.24. The van der Waals surface area contributed by atoms with E-state index in [2.05, 4.69) is 38.1 Å². The average molecular weight is 162 g/mol. The van der Waals surface area contributed by atoms with E-state index in [0.29, 0.717) is 12.0 Å². The molecule has 0 aliphatic carbocycles. The minimum Gasteiger partial charge on any atom is -0.368 e. The van der Waals surface area contributed by atoms with Gasteiger partial charge in [0.25, 0.3) is 0 Å². The third kappa shape index (κ3) is 1.51. The third-order valence-electron chi connectivity index (χ3n) is 2.31. The highest BCUT2D eigenvalue weighted by molar-refractivity contribution is 5.27. The first kappa shape index (κ1) is 7.81. The SMILES string of the molecule is CC(C)c1ccc(C2CO2)cc1. The van der Waals surface area contributed by atoms with E-state index in [4.69, 9.17) is 4.74 Å². The van der Waals surface area contributed by atoms with Gasteiger partial charge >= 0.3 is 0 Å². The first-order chi connectivity index (χ1) is 5.77. The molecular formula is C11H14O. The summed E-state index contributed by atoms with van der Waals surface area (Å²) in [4.78, 5) is 0. The van der Waals surface area contributed by atoms with E-state index in [1.54, 1.807) is 0 Å². The van der Waals surface area contributed by atoms with Crippen LogP contribution in [0.25, 0.3) is 0 Å². The van der Waals surface area contributed by atoms with Crippen LogP contribution in [0.4, 0.5) is 0 Å². The van der Waals surface area contributed by atoms with E-state index in [1.807, 2.05) is 0 Å². The van der Waals surface area contributed by atoms with Crippen LogP contribution in [0.5, 0.6) is 0 Å². The van der Waals surface area contributed by atoms with Crippen molar-refractivity contribution in [1.82, 2.24) is 0 Å². The van der Waals surface area contributed by atoms with Crippen molar-refractivity contribution in [1.29, 1.82) is 0 Å². The van der Waals surface area contributed by atoms with Crippen molar-refractivity contribution in [3.63, 3.8) is 0 Å². The highest BCUT2D eigenvalue weighted by Crippen LogP contribution is 2.30. The van der Waals surface area contributed by atoms with Crippen molar-refractivity contribution in [2.24, 2.45) is 0 Å². The molecule has 1 atom stereocenters. The van der Waals surface area contributed by atoms with Gasteiger partial charge in [-0.05, 0) is 17.0 Å². The summed E-state index contributed by atoms with van der Waals surface area (Å²) >= 11 is 0. The van der Waals surface area contributed by atoms with Crippen LogP contribution >= 0.6 is 0 Å². The van der Waals surface area contributed by atoms with E-state index >= 15 is 0 Å². The van der Waals surface area contributed by atoms with E-state index in [9.17, 15) is 0 Å². The highest BCUT2D eigenvalue weighted by atomic mass is 16.6. The maximum atomic E-state index is 5.19. The van der Waals surface area contributed by atoms with Gasteiger partial charge in [-0.2, -0.15) is 0 Å². The molecule has 2 rings (SSSR count). The van der Waals surface area contributed by atoms with Gasteiger partial charge in [0.05, 0.1) is 6.61 Å². The zero-order valence-electron chi connectivity index (χ0n) is 7.58. The number of hydrogen-bond donors (Lipinski definition) is 0. The van der Waals surface area contributed by atoms with Crippen LogP contribution in [0.1, 0.15) is 37.0 Å². The Morgan fingerprint density at radius 2 is 1.83 bits per heavy atom. The predicted molar refractivity (Wildman–Crippen MR) is 49.2 cm³/mol. The number of rotatable bonds is 2. The zero-order chi connectivity index (χ0) is 8.55. The molecule has 0 aromatic heterocycles. The molecular weight excluding hydrogens is 148 g/mol. The maximum Gasteiger partial charge on any atom is 0.106 e. The summed E-state index contributed by atoms with van der Waals surface area (Å²) < 4.78 is 5.19. The summed E-state index contributed by atoms with van der Waals surface area (Å²) in [6.07, 6.45) is 0.395. The molecule has 1 unspecified atom stereocenters. The quantitative estimate of drug-likeness (QED) is 0.609. The summed E-state index contributed by atoms with van der Waals surface area (Å²) in [5.74, 6) is 0.624. The predicted octanol–water partition coefficient (Wildman–Crippen LogP) is 2.88. The second-order valence-electron chi connectivity index (χ2n) is 3.64. The van der Waals surface area contributed by atoms with Crippen molar-refractivity contribution in [3.8, 4) is 0 Å². The fourth-order valence-corrected chi connectivity index (χ4v) is 1.34. The van der Waals surface area contributed by atoms with E-state index in [-0.39, 0.29) is 0 Å². The first-order valence-electron chi connectivity index (χ1n) is 4.49. The van der Waals surface area contributed by atoms with Gasteiger partial charge in [-0.15, -0.1) is 0 Å². The lowest BCUT2D eigenvalue weighted by molar-refractivity contribution is 0.415. The van der Waals surface area contributed by atoms with Crippen LogP contribution in [0.15, 0.2) is 24.3 Å². The summed E-state index contributed by atoms with van der Waals surface area (Å²) in [5, 5.41) is 0. The molecule has 0 saturated carbocycles. The van der Waals surface area contributed by atoms with Gasteiger partial charge in [0, 0.05) is 0 Å². The molecule has 1 aliphatic heterocycles. The van der Waals surface area contributed by atoms with E-state index in [0.717, 1.165) is 6.61 Å². The lowest BCUT2D eigenvalue weighted by Crippen LogP contribution is -1.87. The number of hydrogen-bond acceptors (Lipinski definition) is 1. The third-order valence-corrected chi connectivity index (χ3v) is 2.31. The van der Waals surface area contributed by atoms with Gasteiger partial charge in [0.15, 0.2) is 0 Å². The molecule has 1 nitrogen and oxygen atoms in total. The van der Waals surface area contributed by atoms with Crippen molar-refractivity contribution in [2.75, 3.05) is 6.61 Å². The molecule has 0 spiro atoms. The Morgan fingerprint density at radius 1 is 1.25 bits per heavy atom. The lowest BCUT2D eigenvalue weighted by atomic mass is 10.0. The van der Waals surface area contributed by atoms with Crippen LogP contribution in [-0.4, -0.2) is 6.61 Å². The Morgan fingerprint density at radius 3 is 2.25 bits per heavy atom. The summed E-state index contributed by atoms with van der Waals surface area (Å²) in [6.45, 7) is 5.33. The van der Waals surface area contributed by atoms with E-state index < -0.39 is 0 Å². The van der Waals surface area contributed by atoms with Crippen LogP contribution in [0.3, 0.4) is 0 Å². The second kappa shape index (κ2) is 2.91. The average Bonchev–Trinajstić information content (AvgIpc) is 2.87. The lowest BCUT2D eigenvalue weighted by Gasteiger charge is -2.04. The molecule has 1 aromatic carbocycles. The molecule has 0 bridgehead atoms. The number of epoxide rings is 1. The Hall–Kier alpha value is -0.820. The molecule has 0 amide bonds. The van der Waals surface area contributed by atoms with Crippen molar-refractivity contribution in [2.45, 2.75) is 25.9 Å². The molecule has 0 radical (unpaired) electrons. The van der Waals surface area contributed by atoms with Gasteiger partial charge < -0.3 is 4.74 Å². The van der Waals surface area contributed by atoms with Gasteiger partial charge in [-0.1, -0.05) is 38.1 Å². The van der Waals surface area contributed by atoms with Gasteiger partial charge in [-0.3, -0.25) is 0 Å². The topological polar surface area (TPSA) is 12.5 Å². The molecule has 0 N–H and O–H groups in total. The van der Waals surface area contributed by atoms with Gasteiger partial charge in [0.1, 0.15) is 6.10 Å². The zero-order valence-corrected chi connectivity index (χ0v) is 7.58. The normalized spacial score (nSPS) is 21.4. The Bertz CT molecular complexity index is 236. The maximum absolute atomic E-state index is 5.19. The number of benzene rings is 1.